The lowest BCUT2D eigenvalue weighted by Crippen LogP contribution is -2.49. The highest BCUT2D eigenvalue weighted by Crippen LogP contribution is 2.01. The van der Waals surface area contributed by atoms with Gasteiger partial charge in [-0.3, -0.25) is 14.9 Å². The molecule has 0 aliphatic rings. The fraction of sp³-hybridized carbons (Fsp3) is 0.333. The van der Waals surface area contributed by atoms with Gasteiger partial charge in [-0.2, -0.15) is 0 Å². The Morgan fingerprint density at radius 3 is 2.22 bits per heavy atom. The Labute approximate surface area is 112 Å². The summed E-state index contributed by atoms with van der Waals surface area (Å²) in [5.41, 5.74) is 12.0. The monoisotopic (exact) mass is 271 g/mol. The van der Waals surface area contributed by atoms with Gasteiger partial charge in [0.15, 0.2) is 0 Å². The Hall–Kier alpha value is -1.43. The predicted molar refractivity (Wildman–Crippen MR) is 72.2 cm³/mol. The molecule has 18 heavy (non-hydrogen) atoms. The van der Waals surface area contributed by atoms with Crippen molar-refractivity contribution in [1.29, 1.82) is 0 Å². The van der Waals surface area contributed by atoms with Crippen LogP contribution in [0.4, 0.5) is 0 Å². The number of carbonyl (C=O) groups excluding carboxylic acids is 2. The van der Waals surface area contributed by atoms with Crippen LogP contribution < -0.4 is 16.8 Å². The first-order valence-electron chi connectivity index (χ1n) is 5.40. The van der Waals surface area contributed by atoms with Gasteiger partial charge in [0.25, 0.3) is 0 Å². The number of benzene rings is 1. The van der Waals surface area contributed by atoms with E-state index in [9.17, 15) is 9.59 Å². The molecule has 0 aliphatic heterocycles. The molecule has 2 atom stereocenters. The molecule has 6 heteroatoms. The van der Waals surface area contributed by atoms with Gasteiger partial charge in [0.05, 0.1) is 12.1 Å². The third kappa shape index (κ3) is 5.27. The van der Waals surface area contributed by atoms with E-state index in [2.05, 4.69) is 5.32 Å². The molecule has 1 aromatic carbocycles. The van der Waals surface area contributed by atoms with Crippen LogP contribution in [0.15, 0.2) is 30.3 Å². The molecular weight excluding hydrogens is 254 g/mol. The van der Waals surface area contributed by atoms with Gasteiger partial charge in [0.2, 0.25) is 11.8 Å². The first-order valence-corrected chi connectivity index (χ1v) is 5.40. The van der Waals surface area contributed by atoms with Gasteiger partial charge < -0.3 is 11.5 Å². The Balaban J connectivity index is 0.00000289. The van der Waals surface area contributed by atoms with E-state index in [1.165, 1.54) is 6.92 Å². The van der Waals surface area contributed by atoms with Gasteiger partial charge in [0, 0.05) is 0 Å². The molecule has 1 rings (SSSR count). The maximum atomic E-state index is 11.5. The Morgan fingerprint density at radius 1 is 1.17 bits per heavy atom. The number of halogens is 1. The van der Waals surface area contributed by atoms with Crippen molar-refractivity contribution in [2.45, 2.75) is 25.4 Å². The Bertz CT molecular complexity index is 396. The third-order valence-corrected chi connectivity index (χ3v) is 2.30. The van der Waals surface area contributed by atoms with Crippen LogP contribution in [0.1, 0.15) is 12.5 Å². The van der Waals surface area contributed by atoms with Crippen LogP contribution in [0.25, 0.3) is 0 Å². The molecule has 0 radical (unpaired) electrons. The predicted octanol–water partition coefficient (Wildman–Crippen LogP) is -0.0318. The molecule has 0 bridgehead atoms. The van der Waals surface area contributed by atoms with E-state index < -0.39 is 23.9 Å². The average Bonchev–Trinajstić information content (AvgIpc) is 2.29. The molecule has 0 spiro atoms. The highest BCUT2D eigenvalue weighted by molar-refractivity contribution is 5.99. The third-order valence-electron chi connectivity index (χ3n) is 2.30. The number of nitrogens with two attached hydrogens (primary N) is 2. The zero-order chi connectivity index (χ0) is 12.8. The highest BCUT2D eigenvalue weighted by Gasteiger charge is 2.18. The fourth-order valence-electron chi connectivity index (χ4n) is 1.29. The van der Waals surface area contributed by atoms with Crippen LogP contribution in [-0.4, -0.2) is 23.9 Å². The van der Waals surface area contributed by atoms with Gasteiger partial charge in [-0.05, 0) is 18.9 Å². The number of carbonyl (C=O) groups is 2. The summed E-state index contributed by atoms with van der Waals surface area (Å²) in [4.78, 5) is 22.7. The summed E-state index contributed by atoms with van der Waals surface area (Å²) in [5, 5.41) is 2.17. The van der Waals surface area contributed by atoms with Crippen molar-refractivity contribution in [1.82, 2.24) is 5.32 Å². The van der Waals surface area contributed by atoms with Gasteiger partial charge in [-0.15, -0.1) is 12.4 Å². The lowest BCUT2D eigenvalue weighted by molar-refractivity contribution is -0.131. The Morgan fingerprint density at radius 2 is 1.72 bits per heavy atom. The molecule has 0 aromatic heterocycles. The van der Waals surface area contributed by atoms with Crippen LogP contribution in [0.5, 0.6) is 0 Å². The van der Waals surface area contributed by atoms with Crippen molar-refractivity contribution in [3.05, 3.63) is 35.9 Å². The second kappa shape index (κ2) is 7.81. The van der Waals surface area contributed by atoms with Crippen LogP contribution in [0, 0.1) is 0 Å². The van der Waals surface area contributed by atoms with Crippen molar-refractivity contribution in [3.63, 3.8) is 0 Å². The molecular formula is C12H18ClN3O2. The van der Waals surface area contributed by atoms with Gasteiger partial charge in [-0.25, -0.2) is 0 Å². The molecule has 0 saturated heterocycles. The second-order valence-electron chi connectivity index (χ2n) is 3.94. The molecule has 5 nitrogen and oxygen atoms in total. The van der Waals surface area contributed by atoms with Crippen LogP contribution in [-0.2, 0) is 16.0 Å². The molecule has 0 aliphatic carbocycles. The highest BCUT2D eigenvalue weighted by atomic mass is 35.5. The molecule has 0 heterocycles. The first-order chi connectivity index (χ1) is 8.00. The normalized spacial score (nSPS) is 13.1. The lowest BCUT2D eigenvalue weighted by atomic mass is 10.1. The maximum absolute atomic E-state index is 11.5. The van der Waals surface area contributed by atoms with E-state index in [1.807, 2.05) is 30.3 Å². The van der Waals surface area contributed by atoms with E-state index in [-0.39, 0.29) is 12.4 Å². The smallest absolute Gasteiger partial charge is 0.243 e. The number of nitrogens with one attached hydrogen (secondary N) is 1. The minimum absolute atomic E-state index is 0. The summed E-state index contributed by atoms with van der Waals surface area (Å²) >= 11 is 0. The van der Waals surface area contributed by atoms with Crippen LogP contribution in [0.3, 0.4) is 0 Å². The number of hydrogen-bond donors (Lipinski definition) is 3. The molecule has 0 saturated carbocycles. The van der Waals surface area contributed by atoms with Crippen molar-refractivity contribution in [3.8, 4) is 0 Å². The van der Waals surface area contributed by atoms with E-state index >= 15 is 0 Å². The zero-order valence-electron chi connectivity index (χ0n) is 10.1. The van der Waals surface area contributed by atoms with Crippen LogP contribution in [0.2, 0.25) is 0 Å². The summed E-state index contributed by atoms with van der Waals surface area (Å²) in [6.45, 7) is 1.51. The standard InChI is InChI=1S/C12H17N3O2.ClH/c1-8(13)11(16)15-12(17)10(14)7-9-5-3-2-4-6-9;/h2-6,8,10H,7,13-14H2,1H3,(H,15,16,17);1H/t8-,10-;/m0./s1. The maximum Gasteiger partial charge on any atom is 0.243 e. The minimum atomic E-state index is -0.750. The van der Waals surface area contributed by atoms with Crippen molar-refractivity contribution < 1.29 is 9.59 Å². The lowest BCUT2D eigenvalue weighted by Gasteiger charge is -2.12. The number of amides is 2. The topological polar surface area (TPSA) is 98.2 Å². The average molecular weight is 272 g/mol. The van der Waals surface area contributed by atoms with E-state index in [0.717, 1.165) is 5.56 Å². The number of rotatable bonds is 4. The van der Waals surface area contributed by atoms with Crippen molar-refractivity contribution in [2.24, 2.45) is 11.5 Å². The number of imide groups is 1. The van der Waals surface area contributed by atoms with E-state index in [1.54, 1.807) is 0 Å². The quantitative estimate of drug-likeness (QED) is 0.716. The van der Waals surface area contributed by atoms with E-state index in [4.69, 9.17) is 11.5 Å². The summed E-state index contributed by atoms with van der Waals surface area (Å²) < 4.78 is 0. The fourth-order valence-corrected chi connectivity index (χ4v) is 1.29. The largest absolute Gasteiger partial charge is 0.320 e. The van der Waals surface area contributed by atoms with Crippen molar-refractivity contribution in [2.75, 3.05) is 0 Å². The molecule has 1 aromatic rings. The number of hydrogen-bond acceptors (Lipinski definition) is 4. The summed E-state index contributed by atoms with van der Waals surface area (Å²) in [5.74, 6) is -1.02. The van der Waals surface area contributed by atoms with Gasteiger partial charge >= 0.3 is 0 Å². The SMILES string of the molecule is C[C@H](N)C(=O)NC(=O)[C@@H](N)Cc1ccccc1.Cl. The molecule has 0 unspecified atom stereocenters. The molecule has 2 amide bonds. The first kappa shape index (κ1) is 16.6. The second-order valence-corrected chi connectivity index (χ2v) is 3.94. The van der Waals surface area contributed by atoms with Gasteiger partial charge in [-0.1, -0.05) is 30.3 Å². The summed E-state index contributed by atoms with van der Waals surface area (Å²) in [7, 11) is 0. The molecule has 0 fully saturated rings. The van der Waals surface area contributed by atoms with Crippen LogP contribution >= 0.6 is 12.4 Å². The zero-order valence-corrected chi connectivity index (χ0v) is 10.9. The minimum Gasteiger partial charge on any atom is -0.320 e. The van der Waals surface area contributed by atoms with E-state index in [0.29, 0.717) is 6.42 Å². The molecule has 5 N–H and O–H groups in total. The summed E-state index contributed by atoms with van der Waals surface area (Å²) in [6, 6.07) is 7.90. The van der Waals surface area contributed by atoms with Crippen molar-refractivity contribution >= 4 is 24.2 Å². The Kier molecular flexibility index (Phi) is 7.19. The summed E-state index contributed by atoms with van der Waals surface area (Å²) in [6.07, 6.45) is 0.388. The van der Waals surface area contributed by atoms with Gasteiger partial charge in [0.1, 0.15) is 0 Å². The molecule has 100 valence electrons.